The average Bonchev–Trinajstić information content (AvgIpc) is 3.76. The van der Waals surface area contributed by atoms with Gasteiger partial charge >= 0.3 is 0 Å². The maximum absolute atomic E-state index is 6.68. The van der Waals surface area contributed by atoms with E-state index in [4.69, 9.17) is 4.42 Å². The fourth-order valence-electron chi connectivity index (χ4n) is 7.73. The van der Waals surface area contributed by atoms with Crippen LogP contribution in [0.4, 0.5) is 0 Å². The number of hydrogen-bond donors (Lipinski definition) is 0. The number of furan rings is 1. The van der Waals surface area contributed by atoms with Gasteiger partial charge in [0.15, 0.2) is 0 Å². The van der Waals surface area contributed by atoms with Crippen LogP contribution >= 0.6 is 0 Å². The highest BCUT2D eigenvalue weighted by molar-refractivity contribution is 6.40. The number of aromatic nitrogens is 2. The van der Waals surface area contributed by atoms with Crippen LogP contribution in [-0.2, 0) is 0 Å². The summed E-state index contributed by atoms with van der Waals surface area (Å²) in [7, 11) is 0. The minimum atomic E-state index is 0.936. The third-order valence-corrected chi connectivity index (χ3v) is 9.16. The zero-order valence-corrected chi connectivity index (χ0v) is 20.7. The summed E-state index contributed by atoms with van der Waals surface area (Å²) in [5.74, 6) is 0. The zero-order chi connectivity index (χ0) is 25.0. The molecule has 0 saturated carbocycles. The van der Waals surface area contributed by atoms with E-state index in [1.165, 1.54) is 87.0 Å². The van der Waals surface area contributed by atoms with Crippen LogP contribution in [0.15, 0.2) is 114 Å². The fourth-order valence-corrected chi connectivity index (χ4v) is 7.73. The van der Waals surface area contributed by atoms with Crippen LogP contribution in [0.25, 0.3) is 98.1 Å². The van der Waals surface area contributed by atoms with Crippen molar-refractivity contribution in [3.8, 4) is 0 Å². The summed E-state index contributed by atoms with van der Waals surface area (Å²) < 4.78 is 11.6. The second-order valence-corrected chi connectivity index (χ2v) is 10.9. The predicted molar refractivity (Wildman–Crippen MR) is 163 cm³/mol. The van der Waals surface area contributed by atoms with Crippen molar-refractivity contribution in [3.05, 3.63) is 109 Å². The maximum atomic E-state index is 6.68. The quantitative estimate of drug-likeness (QED) is 0.206. The fraction of sp³-hybridized carbons (Fsp3) is 0. The van der Waals surface area contributed by atoms with E-state index in [9.17, 15) is 0 Å². The molecule has 0 N–H and O–H groups in total. The van der Waals surface area contributed by atoms with E-state index in [0.717, 1.165) is 11.2 Å². The molecule has 3 heteroatoms. The van der Waals surface area contributed by atoms with Crippen molar-refractivity contribution in [3.63, 3.8) is 0 Å². The molecule has 39 heavy (non-hydrogen) atoms. The molecule has 0 bridgehead atoms. The molecule has 5 heterocycles. The highest BCUT2D eigenvalue weighted by Gasteiger charge is 2.27. The molecule has 11 aromatic rings. The predicted octanol–water partition coefficient (Wildman–Crippen LogP) is 9.89. The monoisotopic (exact) mass is 494 g/mol. The topological polar surface area (TPSA) is 22.0 Å². The highest BCUT2D eigenvalue weighted by Crippen LogP contribution is 2.50. The summed E-state index contributed by atoms with van der Waals surface area (Å²) in [6.07, 6.45) is 0. The van der Waals surface area contributed by atoms with Gasteiger partial charge in [0, 0.05) is 48.5 Å². The van der Waals surface area contributed by atoms with Crippen LogP contribution in [0.1, 0.15) is 0 Å². The van der Waals surface area contributed by atoms with Gasteiger partial charge in [-0.2, -0.15) is 0 Å². The molecular formula is C36H18N2O. The molecule has 0 radical (unpaired) electrons. The first kappa shape index (κ1) is 18.9. The van der Waals surface area contributed by atoms with Crippen molar-refractivity contribution in [2.45, 2.75) is 0 Å². The lowest BCUT2D eigenvalue weighted by molar-refractivity contribution is 0.673. The van der Waals surface area contributed by atoms with E-state index in [1.807, 2.05) is 0 Å². The summed E-state index contributed by atoms with van der Waals surface area (Å²) in [6.45, 7) is 0. The Hall–Kier alpha value is -5.28. The van der Waals surface area contributed by atoms with Crippen molar-refractivity contribution in [1.29, 1.82) is 0 Å². The van der Waals surface area contributed by atoms with E-state index in [-0.39, 0.29) is 0 Å². The normalized spacial score (nSPS) is 13.1. The van der Waals surface area contributed by atoms with Crippen LogP contribution in [0, 0.1) is 0 Å². The Morgan fingerprint density at radius 1 is 0.385 bits per heavy atom. The molecule has 6 aromatic carbocycles. The molecular weight excluding hydrogens is 476 g/mol. The average molecular weight is 495 g/mol. The lowest BCUT2D eigenvalue weighted by Gasteiger charge is -2.02. The lowest BCUT2D eigenvalue weighted by atomic mass is 10.00. The van der Waals surface area contributed by atoms with Crippen LogP contribution in [0.3, 0.4) is 0 Å². The second-order valence-electron chi connectivity index (χ2n) is 10.9. The van der Waals surface area contributed by atoms with Gasteiger partial charge in [-0.25, -0.2) is 0 Å². The zero-order valence-electron chi connectivity index (χ0n) is 20.7. The first-order valence-corrected chi connectivity index (χ1v) is 13.5. The molecule has 0 aliphatic rings. The van der Waals surface area contributed by atoms with E-state index >= 15 is 0 Å². The van der Waals surface area contributed by atoms with Gasteiger partial charge in [0.1, 0.15) is 11.2 Å². The van der Waals surface area contributed by atoms with Gasteiger partial charge in [0.25, 0.3) is 0 Å². The SMILES string of the molecule is c1ccc2c(c1)oc1c2ccc2c1c1c3c4cccc5c6ccccc6n(c3cc3c6ccccc6n2c31)c54. The van der Waals surface area contributed by atoms with Crippen LogP contribution in [-0.4, -0.2) is 8.80 Å². The van der Waals surface area contributed by atoms with Crippen LogP contribution < -0.4 is 0 Å². The maximum Gasteiger partial charge on any atom is 0.145 e. The Morgan fingerprint density at radius 3 is 1.90 bits per heavy atom. The number of hydrogen-bond acceptors (Lipinski definition) is 1. The number of para-hydroxylation sites is 4. The van der Waals surface area contributed by atoms with Crippen molar-refractivity contribution in [1.82, 2.24) is 8.80 Å². The number of nitrogens with zero attached hydrogens (tertiary/aromatic N) is 2. The van der Waals surface area contributed by atoms with Gasteiger partial charge in [-0.3, -0.25) is 0 Å². The molecule has 0 spiro atoms. The van der Waals surface area contributed by atoms with Crippen molar-refractivity contribution in [2.24, 2.45) is 0 Å². The highest BCUT2D eigenvalue weighted by atomic mass is 16.3. The van der Waals surface area contributed by atoms with E-state index in [1.54, 1.807) is 0 Å². The molecule has 178 valence electrons. The van der Waals surface area contributed by atoms with Gasteiger partial charge in [-0.1, -0.05) is 72.8 Å². The molecule has 0 atom stereocenters. The van der Waals surface area contributed by atoms with Gasteiger partial charge < -0.3 is 13.2 Å². The second kappa shape index (κ2) is 6.06. The van der Waals surface area contributed by atoms with Crippen LogP contribution in [0.2, 0.25) is 0 Å². The molecule has 0 saturated heterocycles. The first-order chi connectivity index (χ1) is 19.4. The lowest BCUT2D eigenvalue weighted by Crippen LogP contribution is -1.81. The van der Waals surface area contributed by atoms with E-state index < -0.39 is 0 Å². The first-order valence-electron chi connectivity index (χ1n) is 13.5. The molecule has 11 rings (SSSR count). The largest absolute Gasteiger partial charge is 0.455 e. The molecule has 0 unspecified atom stereocenters. The van der Waals surface area contributed by atoms with Gasteiger partial charge in [0.2, 0.25) is 0 Å². The molecule has 0 amide bonds. The summed E-state index contributed by atoms with van der Waals surface area (Å²) in [5, 5.41) is 12.6. The molecule has 0 aliphatic heterocycles. The number of benzene rings is 6. The molecule has 0 aliphatic carbocycles. The molecule has 0 fully saturated rings. The third kappa shape index (κ3) is 1.92. The van der Waals surface area contributed by atoms with Crippen LogP contribution in [0.5, 0.6) is 0 Å². The summed E-state index contributed by atoms with van der Waals surface area (Å²) >= 11 is 0. The van der Waals surface area contributed by atoms with Gasteiger partial charge in [-0.05, 0) is 36.4 Å². The molecule has 5 aromatic heterocycles. The smallest absolute Gasteiger partial charge is 0.145 e. The summed E-state index contributed by atoms with van der Waals surface area (Å²) in [4.78, 5) is 0. The number of fused-ring (bicyclic) bond motifs is 17. The third-order valence-electron chi connectivity index (χ3n) is 9.16. The van der Waals surface area contributed by atoms with Crippen molar-refractivity contribution >= 4 is 98.1 Å². The summed E-state index contributed by atoms with van der Waals surface area (Å²) in [5.41, 5.74) is 9.45. The number of rotatable bonds is 0. The van der Waals surface area contributed by atoms with Gasteiger partial charge in [0.05, 0.1) is 38.5 Å². The standard InChI is InChI=1S/C36H18N2O/c1-4-13-26-19(8-1)22-11-7-12-24-31-29(38(26)34(22)24)18-25-20-9-2-5-14-27(20)37-28-17-16-23-21-10-3-6-15-30(21)39-36(23)32(28)33(31)35(25)37/h1-18H. The Balaban J connectivity index is 1.56. The Bertz CT molecular complexity index is 2820. The minimum absolute atomic E-state index is 0.936. The van der Waals surface area contributed by atoms with Crippen molar-refractivity contribution in [2.75, 3.05) is 0 Å². The van der Waals surface area contributed by atoms with E-state index in [2.05, 4.69) is 118 Å². The molecule has 3 nitrogen and oxygen atoms in total. The van der Waals surface area contributed by atoms with Gasteiger partial charge in [-0.15, -0.1) is 0 Å². The summed E-state index contributed by atoms with van der Waals surface area (Å²) in [6, 6.07) is 39.8. The van der Waals surface area contributed by atoms with Crippen molar-refractivity contribution < 1.29 is 4.42 Å². The minimum Gasteiger partial charge on any atom is -0.455 e. The van der Waals surface area contributed by atoms with E-state index in [0.29, 0.717) is 0 Å². The Labute approximate surface area is 220 Å². The Kier molecular flexibility index (Phi) is 2.93. The Morgan fingerprint density at radius 2 is 1.05 bits per heavy atom.